The van der Waals surface area contributed by atoms with Crippen LogP contribution >= 0.6 is 0 Å². The molecule has 0 amide bonds. The van der Waals surface area contributed by atoms with Crippen molar-refractivity contribution in [1.82, 2.24) is 0 Å². The molecule has 1 N–H and O–H groups in total. The maximum Gasteiger partial charge on any atom is 0.344 e. The quantitative estimate of drug-likeness (QED) is 0.391. The van der Waals surface area contributed by atoms with Gasteiger partial charge in [-0.05, 0) is 39.8 Å². The highest BCUT2D eigenvalue weighted by atomic mass is 16.6. The average molecular weight is 397 g/mol. The molecule has 0 heterocycles. The van der Waals surface area contributed by atoms with Crippen molar-refractivity contribution in [3.8, 4) is 0 Å². The molecule has 0 saturated heterocycles. The first-order valence-electron chi connectivity index (χ1n) is 9.58. The van der Waals surface area contributed by atoms with E-state index in [9.17, 15) is 14.4 Å². The third-order valence-electron chi connectivity index (χ3n) is 4.04. The molecule has 0 bridgehead atoms. The van der Waals surface area contributed by atoms with Crippen LogP contribution in [0.15, 0.2) is 60.7 Å². The molecule has 29 heavy (non-hydrogen) atoms. The molecule has 2 rings (SSSR count). The van der Waals surface area contributed by atoms with Gasteiger partial charge in [0.1, 0.15) is 0 Å². The lowest BCUT2D eigenvalue weighted by Gasteiger charge is -2.32. The number of nitrogens with one attached hydrogen (secondary N) is 1. The van der Waals surface area contributed by atoms with E-state index in [0.29, 0.717) is 11.3 Å². The minimum Gasteiger partial charge on any atom is -0.461 e. The molecule has 2 aromatic carbocycles. The number of ketones is 1. The summed E-state index contributed by atoms with van der Waals surface area (Å²) in [6.45, 7) is 6.71. The van der Waals surface area contributed by atoms with Gasteiger partial charge >= 0.3 is 11.9 Å². The minimum absolute atomic E-state index is 0.379. The first-order chi connectivity index (χ1) is 13.7. The highest BCUT2D eigenvalue weighted by molar-refractivity contribution is 6.13. The van der Waals surface area contributed by atoms with E-state index in [1.54, 1.807) is 88.4 Å². The normalized spacial score (nSPS) is 11.2. The molecular weight excluding hydrogens is 370 g/mol. The first kappa shape index (κ1) is 22.1. The first-order valence-corrected chi connectivity index (χ1v) is 9.58. The second kappa shape index (κ2) is 9.87. The molecule has 0 saturated carbocycles. The van der Waals surface area contributed by atoms with Gasteiger partial charge in [0.2, 0.25) is 5.54 Å². The summed E-state index contributed by atoms with van der Waals surface area (Å²) < 4.78 is 10.7. The van der Waals surface area contributed by atoms with Gasteiger partial charge in [-0.25, -0.2) is 9.59 Å². The molecule has 0 aromatic heterocycles. The molecule has 0 atom stereocenters. The molecule has 154 valence electrons. The lowest BCUT2D eigenvalue weighted by molar-refractivity contribution is -0.167. The summed E-state index contributed by atoms with van der Waals surface area (Å²) in [6.07, 6.45) is -1.39. The molecule has 0 radical (unpaired) electrons. The number of anilines is 1. The third kappa shape index (κ3) is 5.91. The Morgan fingerprint density at radius 1 is 0.793 bits per heavy atom. The summed E-state index contributed by atoms with van der Waals surface area (Å²) in [5, 5.41) is 2.93. The van der Waals surface area contributed by atoms with E-state index in [1.165, 1.54) is 0 Å². The zero-order chi connectivity index (χ0) is 21.4. The zero-order valence-electron chi connectivity index (χ0n) is 17.2. The molecule has 0 aliphatic heterocycles. The van der Waals surface area contributed by atoms with E-state index in [4.69, 9.17) is 9.47 Å². The van der Waals surface area contributed by atoms with E-state index in [1.807, 2.05) is 0 Å². The summed E-state index contributed by atoms with van der Waals surface area (Å²) >= 11 is 0. The molecule has 0 aliphatic carbocycles. The average Bonchev–Trinajstić information content (AvgIpc) is 2.67. The number of rotatable bonds is 9. The Labute approximate surface area is 171 Å². The zero-order valence-corrected chi connectivity index (χ0v) is 17.2. The van der Waals surface area contributed by atoms with Crippen LogP contribution in [0.25, 0.3) is 0 Å². The van der Waals surface area contributed by atoms with Crippen LogP contribution in [0.5, 0.6) is 0 Å². The van der Waals surface area contributed by atoms with Gasteiger partial charge in [-0.2, -0.15) is 0 Å². The van der Waals surface area contributed by atoms with Crippen molar-refractivity contribution < 1.29 is 23.9 Å². The van der Waals surface area contributed by atoms with Crippen molar-refractivity contribution in [3.63, 3.8) is 0 Å². The highest BCUT2D eigenvalue weighted by Gasteiger charge is 2.51. The molecule has 2 aromatic rings. The predicted octanol–water partition coefficient (Wildman–Crippen LogP) is 4.01. The van der Waals surface area contributed by atoms with E-state index >= 15 is 0 Å². The van der Waals surface area contributed by atoms with Crippen LogP contribution in [0.2, 0.25) is 0 Å². The maximum atomic E-state index is 13.1. The number of carbonyl (C=O) groups excluding carboxylic acids is 3. The molecule has 0 fully saturated rings. The lowest BCUT2D eigenvalue weighted by atomic mass is 9.89. The number of para-hydroxylation sites is 1. The third-order valence-corrected chi connectivity index (χ3v) is 4.04. The van der Waals surface area contributed by atoms with Crippen LogP contribution in [-0.4, -0.2) is 35.5 Å². The van der Waals surface area contributed by atoms with Crippen LogP contribution < -0.4 is 5.32 Å². The SMILES string of the molecule is CC(C)OC(=O)C(CC(=O)c1ccccc1)(Nc1ccccc1)C(=O)OC(C)C. The second-order valence-corrected chi connectivity index (χ2v) is 7.27. The fourth-order valence-corrected chi connectivity index (χ4v) is 2.74. The van der Waals surface area contributed by atoms with Crippen LogP contribution in [0.3, 0.4) is 0 Å². The van der Waals surface area contributed by atoms with Crippen molar-refractivity contribution in [2.24, 2.45) is 0 Å². The number of carbonyl (C=O) groups is 3. The number of Topliss-reactive ketones (excluding diaryl/α,β-unsaturated/α-hetero) is 1. The van der Waals surface area contributed by atoms with Crippen LogP contribution in [0, 0.1) is 0 Å². The van der Waals surface area contributed by atoms with Crippen molar-refractivity contribution in [1.29, 1.82) is 0 Å². The van der Waals surface area contributed by atoms with Gasteiger partial charge < -0.3 is 14.8 Å². The smallest absolute Gasteiger partial charge is 0.344 e. The fourth-order valence-electron chi connectivity index (χ4n) is 2.74. The maximum absolute atomic E-state index is 13.1. The van der Waals surface area contributed by atoms with Gasteiger partial charge in [0.25, 0.3) is 0 Å². The number of hydrogen-bond acceptors (Lipinski definition) is 6. The summed E-state index contributed by atoms with van der Waals surface area (Å²) in [6, 6.07) is 17.2. The van der Waals surface area contributed by atoms with Crippen molar-refractivity contribution in [2.45, 2.75) is 51.9 Å². The van der Waals surface area contributed by atoms with Gasteiger partial charge in [-0.15, -0.1) is 0 Å². The van der Waals surface area contributed by atoms with Crippen molar-refractivity contribution in [2.75, 3.05) is 5.32 Å². The Morgan fingerprint density at radius 2 is 1.24 bits per heavy atom. The molecule has 0 unspecified atom stereocenters. The Hall–Kier alpha value is -3.15. The van der Waals surface area contributed by atoms with Gasteiger partial charge in [-0.1, -0.05) is 48.5 Å². The van der Waals surface area contributed by atoms with Gasteiger partial charge in [0.15, 0.2) is 5.78 Å². The molecule has 6 heteroatoms. The van der Waals surface area contributed by atoms with Crippen LogP contribution in [-0.2, 0) is 19.1 Å². The number of benzene rings is 2. The molecular formula is C23H27NO5. The molecule has 0 aliphatic rings. The second-order valence-electron chi connectivity index (χ2n) is 7.27. The van der Waals surface area contributed by atoms with E-state index in [-0.39, 0.29) is 5.78 Å². The number of ether oxygens (including phenoxy) is 2. The van der Waals surface area contributed by atoms with Crippen LogP contribution in [0.4, 0.5) is 5.69 Å². The Bertz CT molecular complexity index is 809. The predicted molar refractivity (Wildman–Crippen MR) is 111 cm³/mol. The van der Waals surface area contributed by atoms with Gasteiger partial charge in [0, 0.05) is 11.3 Å². The van der Waals surface area contributed by atoms with E-state index in [0.717, 1.165) is 0 Å². The Kier molecular flexibility index (Phi) is 7.53. The van der Waals surface area contributed by atoms with E-state index < -0.39 is 36.1 Å². The summed E-state index contributed by atoms with van der Waals surface area (Å²) in [7, 11) is 0. The fraction of sp³-hybridized carbons (Fsp3) is 0.348. The van der Waals surface area contributed by atoms with Gasteiger partial charge in [0.05, 0.1) is 18.6 Å². The topological polar surface area (TPSA) is 81.7 Å². The molecule has 0 spiro atoms. The van der Waals surface area contributed by atoms with Gasteiger partial charge in [-0.3, -0.25) is 4.79 Å². The Balaban J connectivity index is 2.51. The van der Waals surface area contributed by atoms with E-state index in [2.05, 4.69) is 5.32 Å². The van der Waals surface area contributed by atoms with Crippen molar-refractivity contribution >= 4 is 23.4 Å². The van der Waals surface area contributed by atoms with Crippen molar-refractivity contribution in [3.05, 3.63) is 66.2 Å². The monoisotopic (exact) mass is 397 g/mol. The summed E-state index contributed by atoms with van der Waals surface area (Å²) in [5.74, 6) is -2.09. The summed E-state index contributed by atoms with van der Waals surface area (Å²) in [4.78, 5) is 39.2. The standard InChI is InChI=1S/C23H27NO5/c1-16(2)28-21(26)23(22(27)29-17(3)4,24-19-13-9-6-10-14-19)15-20(25)18-11-7-5-8-12-18/h5-14,16-17,24H,15H2,1-4H3. The Morgan fingerprint density at radius 3 is 1.69 bits per heavy atom. The van der Waals surface area contributed by atoms with Crippen LogP contribution in [0.1, 0.15) is 44.5 Å². The lowest BCUT2D eigenvalue weighted by Crippen LogP contribution is -2.57. The molecule has 6 nitrogen and oxygen atoms in total. The highest BCUT2D eigenvalue weighted by Crippen LogP contribution is 2.26. The summed E-state index contributed by atoms with van der Waals surface area (Å²) in [5.41, 5.74) is -1.13. The number of hydrogen-bond donors (Lipinski definition) is 1. The largest absolute Gasteiger partial charge is 0.461 e. The number of esters is 2. The minimum atomic E-state index is -2.01.